The Hall–Kier alpha value is -0.520. The molecule has 0 spiro atoms. The summed E-state index contributed by atoms with van der Waals surface area (Å²) in [5, 5.41) is 0. The maximum Gasteiger partial charge on any atom is -0.00589 e. The Bertz CT molecular complexity index is 64.1. The molecule has 0 atom stereocenters. The van der Waals surface area contributed by atoms with Gasteiger partial charge in [-0.15, -0.1) is 13.2 Å². The van der Waals surface area contributed by atoms with E-state index in [0.29, 0.717) is 5.92 Å². The molecule has 0 heterocycles. The minimum absolute atomic E-state index is 0.465. The van der Waals surface area contributed by atoms with Crippen molar-refractivity contribution < 1.29 is 0 Å². The highest BCUT2D eigenvalue weighted by Gasteiger charge is 1.92. The molecule has 0 N–H and O–H groups in total. The molecule has 0 amide bonds. The topological polar surface area (TPSA) is 0 Å². The molecule has 0 heteroatoms. The van der Waals surface area contributed by atoms with Crippen molar-refractivity contribution in [2.45, 2.75) is 12.8 Å². The van der Waals surface area contributed by atoms with E-state index in [4.69, 9.17) is 0 Å². The number of hydrogen-bond donors (Lipinski definition) is 0. The van der Waals surface area contributed by atoms with E-state index in [1.54, 1.807) is 0 Å². The van der Waals surface area contributed by atoms with E-state index >= 15 is 0 Å². The number of rotatable bonds is 4. The summed E-state index contributed by atoms with van der Waals surface area (Å²) in [6.07, 6.45) is 5.84. The van der Waals surface area contributed by atoms with Gasteiger partial charge in [0.2, 0.25) is 0 Å². The van der Waals surface area contributed by atoms with Gasteiger partial charge in [0.25, 0.3) is 0 Å². The fourth-order valence-electron chi connectivity index (χ4n) is 0.568. The van der Waals surface area contributed by atoms with E-state index in [9.17, 15) is 0 Å². The standard InChI is InChI=1S/C8H13/c1-4-7-8(5-2)6-3/h5-6,8H,1-4,7H2. The molecule has 0 aliphatic heterocycles. The molecule has 1 radical (unpaired) electrons. The first kappa shape index (κ1) is 7.48. The lowest BCUT2D eigenvalue weighted by Crippen LogP contribution is -1.87. The van der Waals surface area contributed by atoms with Crippen molar-refractivity contribution >= 4 is 0 Å². The summed E-state index contributed by atoms with van der Waals surface area (Å²) in [6, 6.07) is 0. The Balaban J connectivity index is 3.35. The van der Waals surface area contributed by atoms with Crippen LogP contribution in [0.3, 0.4) is 0 Å². The van der Waals surface area contributed by atoms with Crippen LogP contribution in [0.2, 0.25) is 0 Å². The van der Waals surface area contributed by atoms with Crippen LogP contribution in [0.5, 0.6) is 0 Å². The zero-order valence-electron chi connectivity index (χ0n) is 5.27. The van der Waals surface area contributed by atoms with E-state index < -0.39 is 0 Å². The summed E-state index contributed by atoms with van der Waals surface area (Å²) in [5.74, 6) is 0.465. The van der Waals surface area contributed by atoms with Crippen LogP contribution in [-0.2, 0) is 0 Å². The van der Waals surface area contributed by atoms with Crippen molar-refractivity contribution in [1.82, 2.24) is 0 Å². The Morgan fingerprint density at radius 1 is 1.25 bits per heavy atom. The average Bonchev–Trinajstić information content (AvgIpc) is 1.83. The maximum absolute atomic E-state index is 3.73. The van der Waals surface area contributed by atoms with E-state index in [1.807, 2.05) is 12.2 Å². The molecule has 0 fully saturated rings. The highest BCUT2D eigenvalue weighted by Crippen LogP contribution is 2.06. The summed E-state index contributed by atoms with van der Waals surface area (Å²) in [5.41, 5.74) is 0. The highest BCUT2D eigenvalue weighted by atomic mass is 14.0. The van der Waals surface area contributed by atoms with Crippen LogP contribution < -0.4 is 0 Å². The molecule has 0 saturated heterocycles. The highest BCUT2D eigenvalue weighted by molar-refractivity contribution is 4.91. The fourth-order valence-corrected chi connectivity index (χ4v) is 0.568. The van der Waals surface area contributed by atoms with Crippen molar-refractivity contribution in [3.8, 4) is 0 Å². The molecule has 0 bridgehead atoms. The minimum atomic E-state index is 0.465. The van der Waals surface area contributed by atoms with E-state index in [0.717, 1.165) is 12.8 Å². The fraction of sp³-hybridized carbons (Fsp3) is 0.375. The van der Waals surface area contributed by atoms with Crippen LogP contribution >= 0.6 is 0 Å². The van der Waals surface area contributed by atoms with Crippen molar-refractivity contribution in [3.63, 3.8) is 0 Å². The Morgan fingerprint density at radius 2 is 1.75 bits per heavy atom. The van der Waals surface area contributed by atoms with Crippen LogP contribution in [0.1, 0.15) is 12.8 Å². The number of allylic oxidation sites excluding steroid dienone is 2. The van der Waals surface area contributed by atoms with Gasteiger partial charge < -0.3 is 0 Å². The Morgan fingerprint density at radius 3 is 1.88 bits per heavy atom. The molecule has 0 rings (SSSR count). The van der Waals surface area contributed by atoms with Gasteiger partial charge in [0.05, 0.1) is 0 Å². The summed E-state index contributed by atoms with van der Waals surface area (Å²) in [4.78, 5) is 0. The van der Waals surface area contributed by atoms with E-state index in [-0.39, 0.29) is 0 Å². The zero-order chi connectivity index (χ0) is 6.41. The molecule has 0 aliphatic carbocycles. The average molecular weight is 109 g/mol. The van der Waals surface area contributed by atoms with Crippen LogP contribution in [0.4, 0.5) is 0 Å². The van der Waals surface area contributed by atoms with Crippen LogP contribution in [0.25, 0.3) is 0 Å². The molecule has 0 aromatic heterocycles. The second kappa shape index (κ2) is 4.63. The Labute approximate surface area is 51.9 Å². The summed E-state index contributed by atoms with van der Waals surface area (Å²) in [7, 11) is 0. The third kappa shape index (κ3) is 2.62. The first-order valence-corrected chi connectivity index (χ1v) is 2.89. The van der Waals surface area contributed by atoms with Gasteiger partial charge >= 0.3 is 0 Å². The quantitative estimate of drug-likeness (QED) is 0.487. The molecular weight excluding hydrogens is 96.1 g/mol. The van der Waals surface area contributed by atoms with Gasteiger partial charge in [0.15, 0.2) is 0 Å². The first-order chi connectivity index (χ1) is 3.85. The normalized spacial score (nSPS) is 9.25. The summed E-state index contributed by atoms with van der Waals surface area (Å²) >= 11 is 0. The molecule has 8 heavy (non-hydrogen) atoms. The van der Waals surface area contributed by atoms with Crippen molar-refractivity contribution in [2.24, 2.45) is 5.92 Å². The molecule has 0 nitrogen and oxygen atoms in total. The molecule has 45 valence electrons. The zero-order valence-corrected chi connectivity index (χ0v) is 5.27. The lowest BCUT2D eigenvalue weighted by atomic mass is 10.1. The van der Waals surface area contributed by atoms with Crippen LogP contribution in [0, 0.1) is 12.8 Å². The third-order valence-electron chi connectivity index (χ3n) is 1.14. The van der Waals surface area contributed by atoms with Gasteiger partial charge in [0, 0.05) is 0 Å². The SMILES string of the molecule is [CH2]CCC(C=C)C=C. The summed E-state index contributed by atoms with van der Waals surface area (Å²) in [6.45, 7) is 11.0. The molecule has 0 aromatic rings. The van der Waals surface area contributed by atoms with Gasteiger partial charge in [0.1, 0.15) is 0 Å². The van der Waals surface area contributed by atoms with E-state index in [1.165, 1.54) is 0 Å². The van der Waals surface area contributed by atoms with Crippen molar-refractivity contribution in [3.05, 3.63) is 32.2 Å². The molecular formula is C8H13. The van der Waals surface area contributed by atoms with Gasteiger partial charge in [-0.1, -0.05) is 25.5 Å². The number of hydrogen-bond acceptors (Lipinski definition) is 0. The monoisotopic (exact) mass is 109 g/mol. The van der Waals surface area contributed by atoms with E-state index in [2.05, 4.69) is 20.1 Å². The van der Waals surface area contributed by atoms with Crippen molar-refractivity contribution in [1.29, 1.82) is 0 Å². The Kier molecular flexibility index (Phi) is 4.33. The maximum atomic E-state index is 3.73. The predicted molar refractivity (Wildman–Crippen MR) is 38.5 cm³/mol. The lowest BCUT2D eigenvalue weighted by Gasteiger charge is -2.00. The second-order valence-corrected chi connectivity index (χ2v) is 1.78. The predicted octanol–water partition coefficient (Wildman–Crippen LogP) is 2.59. The third-order valence-corrected chi connectivity index (χ3v) is 1.14. The van der Waals surface area contributed by atoms with Crippen LogP contribution in [0.15, 0.2) is 25.3 Å². The molecule has 0 saturated carbocycles. The minimum Gasteiger partial charge on any atom is -0.102 e. The van der Waals surface area contributed by atoms with Crippen molar-refractivity contribution in [2.75, 3.05) is 0 Å². The molecule has 0 aliphatic rings. The molecule has 0 aromatic carbocycles. The molecule has 0 unspecified atom stereocenters. The second-order valence-electron chi connectivity index (χ2n) is 1.78. The van der Waals surface area contributed by atoms with Gasteiger partial charge in [-0.3, -0.25) is 0 Å². The van der Waals surface area contributed by atoms with Gasteiger partial charge in [-0.25, -0.2) is 0 Å². The first-order valence-electron chi connectivity index (χ1n) is 2.89. The lowest BCUT2D eigenvalue weighted by molar-refractivity contribution is 0.723. The smallest absolute Gasteiger partial charge is 0.00589 e. The largest absolute Gasteiger partial charge is 0.102 e. The van der Waals surface area contributed by atoms with Gasteiger partial charge in [-0.2, -0.15) is 0 Å². The van der Waals surface area contributed by atoms with Crippen LogP contribution in [-0.4, -0.2) is 0 Å². The van der Waals surface area contributed by atoms with Gasteiger partial charge in [-0.05, 0) is 12.3 Å². The summed E-state index contributed by atoms with van der Waals surface area (Å²) < 4.78 is 0.